The summed E-state index contributed by atoms with van der Waals surface area (Å²) in [6.45, 7) is 1.69. The van der Waals surface area contributed by atoms with Gasteiger partial charge in [0.15, 0.2) is 0 Å². The molecular formula is C21H22F3NO2S. The summed E-state index contributed by atoms with van der Waals surface area (Å²) >= 11 is 1.58. The standard InChI is InChI=1S/C21H22F3NO2S/c22-21(23,24)19-8-2-1-7-16(19)17-11-18(17)20(26)25(12-14-5-3-9-27-14)13-15-6-4-10-28-15/h1-2,4,6-8,10,14,17-18H,3,5,9,11-13H2. The lowest BCUT2D eigenvalue weighted by Crippen LogP contribution is -2.38. The number of rotatable bonds is 6. The first kappa shape index (κ1) is 19.5. The molecule has 2 aliphatic rings. The molecule has 3 unspecified atom stereocenters. The van der Waals surface area contributed by atoms with E-state index in [1.54, 1.807) is 22.3 Å². The highest BCUT2D eigenvalue weighted by Gasteiger charge is 2.49. The van der Waals surface area contributed by atoms with Crippen molar-refractivity contribution in [2.24, 2.45) is 5.92 Å². The second kappa shape index (κ2) is 7.87. The molecule has 2 aromatic rings. The van der Waals surface area contributed by atoms with Crippen LogP contribution in [0, 0.1) is 5.92 Å². The fraction of sp³-hybridized carbons (Fsp3) is 0.476. The predicted molar refractivity (Wildman–Crippen MR) is 101 cm³/mol. The van der Waals surface area contributed by atoms with Gasteiger partial charge in [0.2, 0.25) is 5.91 Å². The van der Waals surface area contributed by atoms with Gasteiger partial charge in [0.25, 0.3) is 0 Å². The summed E-state index contributed by atoms with van der Waals surface area (Å²) in [6, 6.07) is 9.53. The smallest absolute Gasteiger partial charge is 0.376 e. The minimum absolute atomic E-state index is 0.0172. The van der Waals surface area contributed by atoms with Gasteiger partial charge in [0, 0.05) is 23.9 Å². The zero-order valence-corrected chi connectivity index (χ0v) is 16.1. The topological polar surface area (TPSA) is 29.5 Å². The number of hydrogen-bond acceptors (Lipinski definition) is 3. The molecule has 28 heavy (non-hydrogen) atoms. The van der Waals surface area contributed by atoms with Crippen LogP contribution in [0.1, 0.15) is 41.2 Å². The van der Waals surface area contributed by atoms with Crippen LogP contribution in [0.4, 0.5) is 13.2 Å². The Balaban J connectivity index is 1.50. The highest BCUT2D eigenvalue weighted by Crippen LogP contribution is 2.52. The number of hydrogen-bond donors (Lipinski definition) is 0. The lowest BCUT2D eigenvalue weighted by molar-refractivity contribution is -0.139. The maximum Gasteiger partial charge on any atom is 0.416 e. The molecule has 1 amide bonds. The summed E-state index contributed by atoms with van der Waals surface area (Å²) in [5.41, 5.74) is -0.388. The molecule has 1 aromatic carbocycles. The van der Waals surface area contributed by atoms with Crippen molar-refractivity contribution in [1.29, 1.82) is 0 Å². The van der Waals surface area contributed by atoms with Gasteiger partial charge in [-0.05, 0) is 48.3 Å². The van der Waals surface area contributed by atoms with Gasteiger partial charge in [-0.2, -0.15) is 13.2 Å². The number of benzene rings is 1. The van der Waals surface area contributed by atoms with Gasteiger partial charge in [-0.15, -0.1) is 11.3 Å². The van der Waals surface area contributed by atoms with Crippen LogP contribution in [0.3, 0.4) is 0 Å². The number of halogens is 3. The second-order valence-corrected chi connectivity index (χ2v) is 8.50. The molecule has 0 spiro atoms. The minimum atomic E-state index is -4.40. The maximum absolute atomic E-state index is 13.3. The number of alkyl halides is 3. The molecule has 2 heterocycles. The van der Waals surface area contributed by atoms with E-state index in [-0.39, 0.29) is 29.4 Å². The number of ether oxygens (including phenoxy) is 1. The van der Waals surface area contributed by atoms with Gasteiger partial charge in [-0.3, -0.25) is 4.79 Å². The second-order valence-electron chi connectivity index (χ2n) is 7.47. The Morgan fingerprint density at radius 1 is 1.21 bits per heavy atom. The Bertz CT molecular complexity index is 815. The van der Waals surface area contributed by atoms with Crippen molar-refractivity contribution in [3.8, 4) is 0 Å². The summed E-state index contributed by atoms with van der Waals surface area (Å²) in [5.74, 6) is -0.809. The first-order valence-electron chi connectivity index (χ1n) is 9.52. The minimum Gasteiger partial charge on any atom is -0.376 e. The van der Waals surface area contributed by atoms with Gasteiger partial charge in [-0.25, -0.2) is 0 Å². The molecule has 2 fully saturated rings. The normalized spacial score (nSPS) is 24.3. The van der Waals surface area contributed by atoms with Crippen molar-refractivity contribution < 1.29 is 22.7 Å². The third-order valence-corrected chi connectivity index (χ3v) is 6.32. The molecule has 0 bridgehead atoms. The van der Waals surface area contributed by atoms with Crippen LogP contribution in [0.15, 0.2) is 41.8 Å². The van der Waals surface area contributed by atoms with E-state index < -0.39 is 11.7 Å². The van der Waals surface area contributed by atoms with E-state index in [2.05, 4.69) is 0 Å². The van der Waals surface area contributed by atoms with Crippen LogP contribution < -0.4 is 0 Å². The summed E-state index contributed by atoms with van der Waals surface area (Å²) < 4.78 is 45.7. The quantitative estimate of drug-likeness (QED) is 0.666. The van der Waals surface area contributed by atoms with Gasteiger partial charge < -0.3 is 9.64 Å². The van der Waals surface area contributed by atoms with E-state index in [1.165, 1.54) is 12.1 Å². The highest BCUT2D eigenvalue weighted by molar-refractivity contribution is 7.09. The molecular weight excluding hydrogens is 387 g/mol. The van der Waals surface area contributed by atoms with Crippen molar-refractivity contribution in [2.45, 2.75) is 44.0 Å². The molecule has 3 nitrogen and oxygen atoms in total. The highest BCUT2D eigenvalue weighted by atomic mass is 32.1. The van der Waals surface area contributed by atoms with Crippen LogP contribution in [-0.4, -0.2) is 30.1 Å². The SMILES string of the molecule is O=C(C1CC1c1ccccc1C(F)(F)F)N(Cc1cccs1)CC1CCCO1. The van der Waals surface area contributed by atoms with Crippen molar-refractivity contribution >= 4 is 17.2 Å². The lowest BCUT2D eigenvalue weighted by Gasteiger charge is -2.25. The van der Waals surface area contributed by atoms with Crippen molar-refractivity contribution in [1.82, 2.24) is 4.90 Å². The molecule has 3 atom stereocenters. The average Bonchev–Trinajstić information content (AvgIpc) is 3.03. The van der Waals surface area contributed by atoms with Gasteiger partial charge in [0.1, 0.15) is 0 Å². The Morgan fingerprint density at radius 3 is 2.71 bits per heavy atom. The van der Waals surface area contributed by atoms with E-state index >= 15 is 0 Å². The van der Waals surface area contributed by atoms with E-state index in [0.29, 0.717) is 26.1 Å². The Kier molecular flexibility index (Phi) is 5.47. The maximum atomic E-state index is 13.3. The molecule has 7 heteroatoms. The van der Waals surface area contributed by atoms with E-state index in [9.17, 15) is 18.0 Å². The molecule has 0 radical (unpaired) electrons. The lowest BCUT2D eigenvalue weighted by atomic mass is 10.0. The largest absolute Gasteiger partial charge is 0.416 e. The first-order chi connectivity index (χ1) is 13.4. The Hall–Kier alpha value is -1.86. The van der Waals surface area contributed by atoms with Gasteiger partial charge in [0.05, 0.1) is 18.2 Å². The molecule has 1 aliphatic carbocycles. The summed E-state index contributed by atoms with van der Waals surface area (Å²) in [5, 5.41) is 1.96. The van der Waals surface area contributed by atoms with Crippen molar-refractivity contribution in [3.05, 3.63) is 57.8 Å². The summed E-state index contributed by atoms with van der Waals surface area (Å²) in [4.78, 5) is 16.0. The van der Waals surface area contributed by atoms with E-state index in [1.807, 2.05) is 17.5 Å². The molecule has 4 rings (SSSR count). The van der Waals surface area contributed by atoms with Gasteiger partial charge in [-0.1, -0.05) is 24.3 Å². The van der Waals surface area contributed by atoms with Crippen LogP contribution in [-0.2, 0) is 22.3 Å². The first-order valence-corrected chi connectivity index (χ1v) is 10.4. The zero-order valence-electron chi connectivity index (χ0n) is 15.3. The molecule has 0 N–H and O–H groups in total. The number of thiophene rings is 1. The molecule has 1 saturated carbocycles. The van der Waals surface area contributed by atoms with Crippen molar-refractivity contribution in [2.75, 3.05) is 13.2 Å². The Labute approximate surface area is 166 Å². The zero-order chi connectivity index (χ0) is 19.7. The summed E-state index contributed by atoms with van der Waals surface area (Å²) in [7, 11) is 0. The molecule has 1 aromatic heterocycles. The number of carbonyl (C=O) groups excluding carboxylic acids is 1. The Morgan fingerprint density at radius 2 is 2.04 bits per heavy atom. The number of carbonyl (C=O) groups is 1. The number of amides is 1. The average molecular weight is 409 g/mol. The summed E-state index contributed by atoms with van der Waals surface area (Å²) in [6.07, 6.45) is -2.02. The molecule has 150 valence electrons. The van der Waals surface area contributed by atoms with E-state index in [4.69, 9.17) is 4.74 Å². The van der Waals surface area contributed by atoms with Crippen LogP contribution >= 0.6 is 11.3 Å². The molecule has 1 aliphatic heterocycles. The van der Waals surface area contributed by atoms with Gasteiger partial charge >= 0.3 is 6.18 Å². The van der Waals surface area contributed by atoms with E-state index in [0.717, 1.165) is 23.8 Å². The molecule has 1 saturated heterocycles. The predicted octanol–water partition coefficient (Wildman–Crippen LogP) is 5.08. The van der Waals surface area contributed by atoms with Crippen molar-refractivity contribution in [3.63, 3.8) is 0 Å². The number of nitrogens with zero attached hydrogens (tertiary/aromatic N) is 1. The van der Waals surface area contributed by atoms with Crippen LogP contribution in [0.2, 0.25) is 0 Å². The fourth-order valence-electron chi connectivity index (χ4n) is 3.98. The third-order valence-electron chi connectivity index (χ3n) is 5.46. The monoisotopic (exact) mass is 409 g/mol. The fourth-order valence-corrected chi connectivity index (χ4v) is 4.70. The third kappa shape index (κ3) is 4.25. The van der Waals surface area contributed by atoms with Crippen LogP contribution in [0.25, 0.3) is 0 Å². The van der Waals surface area contributed by atoms with Crippen LogP contribution in [0.5, 0.6) is 0 Å².